The van der Waals surface area contributed by atoms with Crippen LogP contribution in [0.15, 0.2) is 22.7 Å². The van der Waals surface area contributed by atoms with Crippen molar-refractivity contribution in [1.29, 1.82) is 0 Å². The lowest BCUT2D eigenvalue weighted by atomic mass is 10.2. The SMILES string of the molecule is COCCN(CC(=O)O)C(=O)Nc1cc(C)ccc1Br. The van der Waals surface area contributed by atoms with Crippen LogP contribution < -0.4 is 5.32 Å². The fourth-order valence-electron chi connectivity index (χ4n) is 1.55. The highest BCUT2D eigenvalue weighted by Crippen LogP contribution is 2.23. The molecule has 0 aliphatic heterocycles. The van der Waals surface area contributed by atoms with Crippen LogP contribution in [0.3, 0.4) is 0 Å². The number of benzene rings is 1. The quantitative estimate of drug-likeness (QED) is 0.829. The molecule has 2 amide bonds. The van der Waals surface area contributed by atoms with Gasteiger partial charge in [0.25, 0.3) is 0 Å². The number of carbonyl (C=O) groups is 2. The third-order valence-corrected chi connectivity index (χ3v) is 3.23. The fourth-order valence-corrected chi connectivity index (χ4v) is 1.89. The average molecular weight is 345 g/mol. The topological polar surface area (TPSA) is 78.9 Å². The van der Waals surface area contributed by atoms with Crippen LogP contribution in [0.5, 0.6) is 0 Å². The van der Waals surface area contributed by atoms with Crippen LogP contribution in [0.4, 0.5) is 10.5 Å². The van der Waals surface area contributed by atoms with Gasteiger partial charge in [-0.05, 0) is 40.5 Å². The monoisotopic (exact) mass is 344 g/mol. The summed E-state index contributed by atoms with van der Waals surface area (Å²) in [5.41, 5.74) is 1.59. The van der Waals surface area contributed by atoms with E-state index in [1.54, 1.807) is 6.07 Å². The van der Waals surface area contributed by atoms with Gasteiger partial charge < -0.3 is 20.1 Å². The minimum Gasteiger partial charge on any atom is -0.480 e. The number of nitrogens with zero attached hydrogens (tertiary/aromatic N) is 1. The first kappa shape index (κ1) is 16.5. The fraction of sp³-hybridized carbons (Fsp3) is 0.385. The normalized spacial score (nSPS) is 10.2. The molecule has 0 saturated carbocycles. The molecule has 0 aromatic heterocycles. The van der Waals surface area contributed by atoms with Crippen molar-refractivity contribution in [3.05, 3.63) is 28.2 Å². The highest BCUT2D eigenvalue weighted by molar-refractivity contribution is 9.10. The molecule has 0 heterocycles. The minimum atomic E-state index is -1.07. The predicted molar refractivity (Wildman–Crippen MR) is 79.0 cm³/mol. The maximum atomic E-state index is 12.1. The van der Waals surface area contributed by atoms with Crippen LogP contribution in [0.2, 0.25) is 0 Å². The van der Waals surface area contributed by atoms with Gasteiger partial charge in [-0.1, -0.05) is 6.07 Å². The van der Waals surface area contributed by atoms with E-state index in [1.807, 2.05) is 19.1 Å². The van der Waals surface area contributed by atoms with Crippen molar-refractivity contribution in [2.45, 2.75) is 6.92 Å². The van der Waals surface area contributed by atoms with E-state index in [0.29, 0.717) is 5.69 Å². The van der Waals surface area contributed by atoms with Crippen molar-refractivity contribution in [2.75, 3.05) is 32.1 Å². The number of hydrogen-bond acceptors (Lipinski definition) is 3. The molecule has 0 spiro atoms. The number of rotatable bonds is 6. The third-order valence-electron chi connectivity index (χ3n) is 2.54. The van der Waals surface area contributed by atoms with Gasteiger partial charge in [0.1, 0.15) is 6.54 Å². The Balaban J connectivity index is 2.78. The summed E-state index contributed by atoms with van der Waals surface area (Å²) < 4.78 is 5.61. The molecular formula is C13H17BrN2O4. The predicted octanol–water partition coefficient (Wildman–Crippen LogP) is 2.32. The lowest BCUT2D eigenvalue weighted by Crippen LogP contribution is -2.40. The van der Waals surface area contributed by atoms with Crippen LogP contribution >= 0.6 is 15.9 Å². The molecule has 110 valence electrons. The number of halogens is 1. The van der Waals surface area contributed by atoms with Crippen molar-refractivity contribution >= 4 is 33.6 Å². The lowest BCUT2D eigenvalue weighted by Gasteiger charge is -2.21. The maximum Gasteiger partial charge on any atom is 0.323 e. The summed E-state index contributed by atoms with van der Waals surface area (Å²) in [7, 11) is 1.49. The van der Waals surface area contributed by atoms with E-state index in [4.69, 9.17) is 9.84 Å². The molecule has 1 aromatic carbocycles. The number of hydrogen-bond donors (Lipinski definition) is 2. The lowest BCUT2D eigenvalue weighted by molar-refractivity contribution is -0.137. The highest BCUT2D eigenvalue weighted by atomic mass is 79.9. The number of methoxy groups -OCH3 is 1. The number of anilines is 1. The van der Waals surface area contributed by atoms with Gasteiger partial charge in [0.15, 0.2) is 0 Å². The number of nitrogens with one attached hydrogen (secondary N) is 1. The Bertz CT molecular complexity index is 493. The average Bonchev–Trinajstić information content (AvgIpc) is 2.38. The largest absolute Gasteiger partial charge is 0.480 e. The first-order valence-electron chi connectivity index (χ1n) is 5.97. The van der Waals surface area contributed by atoms with Gasteiger partial charge in [0, 0.05) is 18.1 Å². The molecule has 0 aliphatic rings. The maximum absolute atomic E-state index is 12.1. The molecule has 0 radical (unpaired) electrons. The Morgan fingerprint density at radius 3 is 2.75 bits per heavy atom. The molecule has 7 heteroatoms. The minimum absolute atomic E-state index is 0.206. The first-order chi connectivity index (χ1) is 9.43. The summed E-state index contributed by atoms with van der Waals surface area (Å²) in [6.07, 6.45) is 0. The van der Waals surface area contributed by atoms with Gasteiger partial charge in [0.05, 0.1) is 12.3 Å². The van der Waals surface area contributed by atoms with E-state index in [9.17, 15) is 9.59 Å². The molecule has 6 nitrogen and oxygen atoms in total. The number of ether oxygens (including phenoxy) is 1. The van der Waals surface area contributed by atoms with E-state index in [1.165, 1.54) is 12.0 Å². The van der Waals surface area contributed by atoms with Crippen LogP contribution in [0.1, 0.15) is 5.56 Å². The highest BCUT2D eigenvalue weighted by Gasteiger charge is 2.17. The van der Waals surface area contributed by atoms with E-state index in [2.05, 4.69) is 21.2 Å². The molecule has 0 saturated heterocycles. The van der Waals surface area contributed by atoms with Crippen LogP contribution in [0.25, 0.3) is 0 Å². The summed E-state index contributed by atoms with van der Waals surface area (Å²) >= 11 is 3.34. The Labute approximate surface area is 125 Å². The number of urea groups is 1. The molecule has 1 rings (SSSR count). The standard InChI is InChI=1S/C13H17BrN2O4/c1-9-3-4-10(14)11(7-9)15-13(19)16(5-6-20-2)8-12(17)18/h3-4,7H,5-6,8H2,1-2H3,(H,15,19)(H,17,18). The zero-order valence-corrected chi connectivity index (χ0v) is 12.9. The van der Waals surface area contributed by atoms with Crippen molar-refractivity contribution in [2.24, 2.45) is 0 Å². The van der Waals surface area contributed by atoms with Gasteiger partial charge in [-0.2, -0.15) is 0 Å². The van der Waals surface area contributed by atoms with Gasteiger partial charge in [-0.25, -0.2) is 4.79 Å². The van der Waals surface area contributed by atoms with Gasteiger partial charge in [-0.15, -0.1) is 0 Å². The van der Waals surface area contributed by atoms with Crippen molar-refractivity contribution in [1.82, 2.24) is 4.90 Å². The molecule has 0 atom stereocenters. The Hall–Kier alpha value is -1.60. The van der Waals surface area contributed by atoms with Crippen LogP contribution in [-0.4, -0.2) is 48.8 Å². The summed E-state index contributed by atoms with van der Waals surface area (Å²) in [5, 5.41) is 11.5. The summed E-state index contributed by atoms with van der Waals surface area (Å²) in [6, 6.07) is 5.05. The van der Waals surface area contributed by atoms with Crippen LogP contribution in [0, 0.1) is 6.92 Å². The first-order valence-corrected chi connectivity index (χ1v) is 6.76. The van der Waals surface area contributed by atoms with E-state index < -0.39 is 12.0 Å². The third kappa shape index (κ3) is 5.18. The molecule has 0 bridgehead atoms. The molecule has 1 aromatic rings. The summed E-state index contributed by atoms with van der Waals surface area (Å²) in [4.78, 5) is 24.1. The molecule has 0 unspecified atom stereocenters. The second-order valence-electron chi connectivity index (χ2n) is 4.22. The molecular weight excluding hydrogens is 328 g/mol. The van der Waals surface area contributed by atoms with E-state index in [0.717, 1.165) is 10.0 Å². The molecule has 0 fully saturated rings. The number of amides is 2. The Morgan fingerprint density at radius 1 is 1.45 bits per heavy atom. The number of aryl methyl sites for hydroxylation is 1. The summed E-state index contributed by atoms with van der Waals surface area (Å²) in [5.74, 6) is -1.07. The van der Waals surface area contributed by atoms with Gasteiger partial charge >= 0.3 is 12.0 Å². The Morgan fingerprint density at radius 2 is 2.15 bits per heavy atom. The van der Waals surface area contributed by atoms with E-state index >= 15 is 0 Å². The number of carboxylic acids is 1. The number of aliphatic carboxylic acids is 1. The second-order valence-corrected chi connectivity index (χ2v) is 5.08. The zero-order chi connectivity index (χ0) is 15.1. The van der Waals surface area contributed by atoms with Gasteiger partial charge in [-0.3, -0.25) is 4.79 Å². The molecule has 0 aliphatic carbocycles. The molecule has 2 N–H and O–H groups in total. The van der Waals surface area contributed by atoms with Crippen LogP contribution in [-0.2, 0) is 9.53 Å². The second kappa shape index (κ2) is 7.86. The summed E-state index contributed by atoms with van der Waals surface area (Å²) in [6.45, 7) is 2.01. The molecule has 20 heavy (non-hydrogen) atoms. The van der Waals surface area contributed by atoms with Crippen molar-refractivity contribution in [3.63, 3.8) is 0 Å². The smallest absolute Gasteiger partial charge is 0.323 e. The van der Waals surface area contributed by atoms with Gasteiger partial charge in [0.2, 0.25) is 0 Å². The van der Waals surface area contributed by atoms with Crippen molar-refractivity contribution < 1.29 is 19.4 Å². The van der Waals surface area contributed by atoms with E-state index in [-0.39, 0.29) is 19.7 Å². The number of carboxylic acid groups (broad SMARTS) is 1. The number of carbonyl (C=O) groups excluding carboxylic acids is 1. The zero-order valence-electron chi connectivity index (χ0n) is 11.4. The van der Waals surface area contributed by atoms with Crippen molar-refractivity contribution in [3.8, 4) is 0 Å². The Kier molecular flexibility index (Phi) is 6.47.